The number of carbonyl (C=O) groups is 1. The molecule has 0 bridgehead atoms. The van der Waals surface area contributed by atoms with Crippen molar-refractivity contribution in [3.05, 3.63) is 144 Å². The number of benzene rings is 4. The number of rotatable bonds is 9. The molecule has 6 nitrogen and oxygen atoms in total. The van der Waals surface area contributed by atoms with E-state index < -0.39 is 11.7 Å². The number of amides is 1. The summed E-state index contributed by atoms with van der Waals surface area (Å²) in [6.45, 7) is 0. The van der Waals surface area contributed by atoms with Gasteiger partial charge in [-0.3, -0.25) is 4.79 Å². The Hall–Kier alpha value is -5.48. The highest BCUT2D eigenvalue weighted by Gasteiger charge is 2.30. The molecule has 0 spiro atoms. The largest absolute Gasteiger partial charge is 0.416 e. The second-order valence-electron chi connectivity index (χ2n) is 10.1. The Morgan fingerprint density at radius 3 is 2.20 bits per heavy atom. The highest BCUT2D eigenvalue weighted by molar-refractivity contribution is 7.13. The van der Waals surface area contributed by atoms with E-state index >= 15 is 0 Å². The Morgan fingerprint density at radius 2 is 1.51 bits per heavy atom. The van der Waals surface area contributed by atoms with Crippen molar-refractivity contribution in [3.63, 3.8) is 0 Å². The average molecular weight is 622 g/mol. The summed E-state index contributed by atoms with van der Waals surface area (Å²) in [6.07, 6.45) is -2.86. The van der Waals surface area contributed by atoms with Crippen LogP contribution in [0.2, 0.25) is 0 Å². The number of hydrogen-bond donors (Lipinski definition) is 2. The first-order chi connectivity index (χ1) is 21.8. The predicted octanol–water partition coefficient (Wildman–Crippen LogP) is 8.72. The fraction of sp³-hybridized carbons (Fsp3) is 0.0571. The number of hydrazone groups is 1. The van der Waals surface area contributed by atoms with E-state index in [9.17, 15) is 18.0 Å². The van der Waals surface area contributed by atoms with Crippen molar-refractivity contribution in [2.24, 2.45) is 5.10 Å². The maximum absolute atomic E-state index is 13.1. The van der Waals surface area contributed by atoms with Gasteiger partial charge < -0.3 is 9.88 Å². The summed E-state index contributed by atoms with van der Waals surface area (Å²) in [5, 5.41) is 9.22. The highest BCUT2D eigenvalue weighted by Crippen LogP contribution is 2.35. The molecule has 2 aromatic heterocycles. The van der Waals surface area contributed by atoms with Gasteiger partial charge in [-0.05, 0) is 47.5 Å². The van der Waals surface area contributed by atoms with Crippen LogP contribution < -0.4 is 10.7 Å². The number of halogens is 3. The number of nitrogens with one attached hydrogen (secondary N) is 2. The van der Waals surface area contributed by atoms with Crippen molar-refractivity contribution in [1.29, 1.82) is 0 Å². The molecule has 10 heteroatoms. The Morgan fingerprint density at radius 1 is 0.844 bits per heavy atom. The molecule has 6 rings (SSSR count). The van der Waals surface area contributed by atoms with Crippen LogP contribution in [-0.4, -0.2) is 21.7 Å². The van der Waals surface area contributed by atoms with Crippen molar-refractivity contribution >= 4 is 34.3 Å². The maximum atomic E-state index is 13.1. The predicted molar refractivity (Wildman–Crippen MR) is 173 cm³/mol. The lowest BCUT2D eigenvalue weighted by atomic mass is 10.1. The van der Waals surface area contributed by atoms with E-state index in [4.69, 9.17) is 0 Å². The minimum absolute atomic E-state index is 0.0516. The number of para-hydroxylation sites is 1. The molecular formula is C35H26F3N5OS. The first kappa shape index (κ1) is 29.6. The third kappa shape index (κ3) is 7.02. The summed E-state index contributed by atoms with van der Waals surface area (Å²) in [5.74, 6) is -0.380. The Bertz CT molecular complexity index is 1940. The van der Waals surface area contributed by atoms with Crippen molar-refractivity contribution < 1.29 is 18.0 Å². The third-order valence-electron chi connectivity index (χ3n) is 6.89. The van der Waals surface area contributed by atoms with Crippen LogP contribution in [0.3, 0.4) is 0 Å². The molecule has 2 N–H and O–H groups in total. The molecule has 0 fully saturated rings. The van der Waals surface area contributed by atoms with E-state index in [0.29, 0.717) is 10.8 Å². The van der Waals surface area contributed by atoms with Gasteiger partial charge in [0.2, 0.25) is 5.91 Å². The molecular weight excluding hydrogens is 595 g/mol. The number of hydrogen-bond acceptors (Lipinski definition) is 5. The van der Waals surface area contributed by atoms with Crippen LogP contribution in [0.25, 0.3) is 28.2 Å². The smallest absolute Gasteiger partial charge is 0.332 e. The normalized spacial score (nSPS) is 11.5. The molecule has 2 heterocycles. The first-order valence-corrected chi connectivity index (χ1v) is 14.9. The average Bonchev–Trinajstić information content (AvgIpc) is 3.66. The molecule has 45 heavy (non-hydrogen) atoms. The molecule has 0 aliphatic rings. The fourth-order valence-electron chi connectivity index (χ4n) is 4.91. The van der Waals surface area contributed by atoms with Gasteiger partial charge in [0.15, 0.2) is 5.13 Å². The summed E-state index contributed by atoms with van der Waals surface area (Å²) in [4.78, 5) is 17.1. The number of anilines is 2. The molecule has 0 atom stereocenters. The van der Waals surface area contributed by atoms with E-state index in [0.717, 1.165) is 45.9 Å². The fourth-order valence-corrected chi connectivity index (χ4v) is 5.64. The molecule has 0 saturated heterocycles. The van der Waals surface area contributed by atoms with E-state index in [2.05, 4.69) is 37.5 Å². The van der Waals surface area contributed by atoms with Crippen LogP contribution in [0.15, 0.2) is 132 Å². The molecule has 0 radical (unpaired) electrons. The second-order valence-corrected chi connectivity index (χ2v) is 10.9. The van der Waals surface area contributed by atoms with E-state index in [-0.39, 0.29) is 18.0 Å². The van der Waals surface area contributed by atoms with Gasteiger partial charge in [-0.2, -0.15) is 18.3 Å². The second kappa shape index (κ2) is 13.0. The van der Waals surface area contributed by atoms with Gasteiger partial charge in [-0.25, -0.2) is 10.4 Å². The number of nitrogens with zero attached hydrogens (tertiary/aromatic N) is 3. The molecule has 0 aliphatic heterocycles. The summed E-state index contributed by atoms with van der Waals surface area (Å²) >= 11 is 1.20. The minimum atomic E-state index is -4.44. The maximum Gasteiger partial charge on any atom is 0.416 e. The Labute approximate surface area is 261 Å². The quantitative estimate of drug-likeness (QED) is 0.125. The Balaban J connectivity index is 1.22. The topological polar surface area (TPSA) is 71.3 Å². The number of alkyl halides is 3. The van der Waals surface area contributed by atoms with Gasteiger partial charge >= 0.3 is 6.18 Å². The zero-order valence-electron chi connectivity index (χ0n) is 23.7. The summed E-state index contributed by atoms with van der Waals surface area (Å²) in [6, 6.07) is 37.0. The van der Waals surface area contributed by atoms with Gasteiger partial charge in [0, 0.05) is 22.3 Å². The molecule has 4 aromatic carbocycles. The van der Waals surface area contributed by atoms with E-state index in [1.807, 2.05) is 84.9 Å². The van der Waals surface area contributed by atoms with Gasteiger partial charge in [0.05, 0.1) is 35.3 Å². The lowest BCUT2D eigenvalue weighted by Gasteiger charge is -2.15. The zero-order valence-corrected chi connectivity index (χ0v) is 24.5. The van der Waals surface area contributed by atoms with Gasteiger partial charge in [0.25, 0.3) is 0 Å². The SMILES string of the molecule is O=C(Cc1csc(Nc2cccc(C(F)(F)F)c2)n1)N/N=C\c1cc(-c2ccccc2)n(-c2ccccc2)c1-c1ccccc1. The zero-order chi connectivity index (χ0) is 31.2. The van der Waals surface area contributed by atoms with Crippen molar-refractivity contribution in [3.8, 4) is 28.2 Å². The van der Waals surface area contributed by atoms with E-state index in [1.165, 1.54) is 23.5 Å². The Kier molecular flexibility index (Phi) is 8.56. The summed E-state index contributed by atoms with van der Waals surface area (Å²) in [7, 11) is 0. The first-order valence-electron chi connectivity index (χ1n) is 14.0. The summed E-state index contributed by atoms with van der Waals surface area (Å²) < 4.78 is 41.3. The monoisotopic (exact) mass is 621 g/mol. The van der Waals surface area contributed by atoms with Gasteiger partial charge in [0.1, 0.15) is 0 Å². The molecule has 0 unspecified atom stereocenters. The molecule has 1 amide bonds. The van der Waals surface area contributed by atoms with Crippen LogP contribution in [0.1, 0.15) is 16.8 Å². The molecule has 0 aliphatic carbocycles. The number of carbonyl (C=O) groups excluding carboxylic acids is 1. The third-order valence-corrected chi connectivity index (χ3v) is 7.70. The van der Waals surface area contributed by atoms with Crippen LogP contribution in [0.4, 0.5) is 24.0 Å². The van der Waals surface area contributed by atoms with E-state index in [1.54, 1.807) is 11.6 Å². The molecule has 224 valence electrons. The summed E-state index contributed by atoms with van der Waals surface area (Å²) in [5.41, 5.74) is 8.25. The van der Waals surface area contributed by atoms with Crippen LogP contribution >= 0.6 is 11.3 Å². The van der Waals surface area contributed by atoms with Crippen LogP contribution in [0, 0.1) is 0 Å². The molecule has 6 aromatic rings. The van der Waals surface area contributed by atoms with Gasteiger partial charge in [-0.15, -0.1) is 11.3 Å². The lowest BCUT2D eigenvalue weighted by Crippen LogP contribution is -2.20. The van der Waals surface area contributed by atoms with Crippen molar-refractivity contribution in [2.75, 3.05) is 5.32 Å². The van der Waals surface area contributed by atoms with Crippen molar-refractivity contribution in [1.82, 2.24) is 15.0 Å². The van der Waals surface area contributed by atoms with Gasteiger partial charge in [-0.1, -0.05) is 84.9 Å². The lowest BCUT2D eigenvalue weighted by molar-refractivity contribution is -0.137. The van der Waals surface area contributed by atoms with Crippen LogP contribution in [-0.2, 0) is 17.4 Å². The minimum Gasteiger partial charge on any atom is -0.332 e. The standard InChI is InChI=1S/C35H26F3N5OS/c36-35(37,38)27-15-10-16-28(20-27)40-34-41-29(23-45-34)21-32(44)42-39-22-26-19-31(24-11-4-1-5-12-24)43(30-17-8-3-9-18-30)33(26)25-13-6-2-7-14-25/h1-20,22-23H,21H2,(H,40,41)(H,42,44)/b39-22-. The number of thiazole rings is 1. The van der Waals surface area contributed by atoms with Crippen molar-refractivity contribution in [2.45, 2.75) is 12.6 Å². The van der Waals surface area contributed by atoms with Crippen LogP contribution in [0.5, 0.6) is 0 Å². The molecule has 0 saturated carbocycles. The highest BCUT2D eigenvalue weighted by atomic mass is 32.1. The number of aromatic nitrogens is 2.